The van der Waals surface area contributed by atoms with Crippen LogP contribution in [0, 0.1) is 0 Å². The molecule has 1 amide bonds. The third-order valence-corrected chi connectivity index (χ3v) is 2.79. The zero-order valence-corrected chi connectivity index (χ0v) is 11.2. The number of hydrogen-bond donors (Lipinski definition) is 3. The topological polar surface area (TPSA) is 132 Å². The molecule has 6 N–H and O–H groups in total. The summed E-state index contributed by atoms with van der Waals surface area (Å²) < 4.78 is 5.59. The van der Waals surface area contributed by atoms with Crippen molar-refractivity contribution in [3.05, 3.63) is 18.2 Å². The molecular weight excluding hydrogens is 260 g/mol. The number of aliphatic imine (C=N–C) groups is 2. The highest BCUT2D eigenvalue weighted by molar-refractivity contribution is 6.01. The summed E-state index contributed by atoms with van der Waals surface area (Å²) in [7, 11) is 1.67. The van der Waals surface area contributed by atoms with Gasteiger partial charge in [0.2, 0.25) is 5.96 Å². The van der Waals surface area contributed by atoms with E-state index in [1.54, 1.807) is 32.2 Å². The van der Waals surface area contributed by atoms with Crippen molar-refractivity contribution in [2.75, 3.05) is 11.9 Å². The van der Waals surface area contributed by atoms with Crippen LogP contribution in [0.1, 0.15) is 6.92 Å². The lowest BCUT2D eigenvalue weighted by molar-refractivity contribution is -0.125. The fourth-order valence-corrected chi connectivity index (χ4v) is 1.89. The third-order valence-electron chi connectivity index (χ3n) is 2.79. The molecule has 106 valence electrons. The molecule has 8 heteroatoms. The Morgan fingerprint density at radius 2 is 2.05 bits per heavy atom. The summed E-state index contributed by atoms with van der Waals surface area (Å²) in [5.74, 6) is 0.0681. The van der Waals surface area contributed by atoms with E-state index in [0.29, 0.717) is 17.1 Å². The number of fused-ring (bicyclic) bond motifs is 1. The lowest BCUT2D eigenvalue weighted by Gasteiger charge is -2.30. The summed E-state index contributed by atoms with van der Waals surface area (Å²) in [5.41, 5.74) is 17.1. The van der Waals surface area contributed by atoms with E-state index in [-0.39, 0.29) is 17.8 Å². The summed E-state index contributed by atoms with van der Waals surface area (Å²) in [6.07, 6.45) is -0.590. The van der Waals surface area contributed by atoms with Gasteiger partial charge in [0, 0.05) is 7.05 Å². The monoisotopic (exact) mass is 276 g/mol. The Bertz CT molecular complexity index is 606. The lowest BCUT2D eigenvalue weighted by atomic mass is 10.2. The van der Waals surface area contributed by atoms with Crippen LogP contribution in [-0.2, 0) is 4.79 Å². The van der Waals surface area contributed by atoms with Crippen LogP contribution >= 0.6 is 0 Å². The van der Waals surface area contributed by atoms with E-state index < -0.39 is 6.10 Å². The molecule has 0 aromatic heterocycles. The molecule has 1 aliphatic rings. The minimum atomic E-state index is -0.590. The minimum absolute atomic E-state index is 0.0887. The third kappa shape index (κ3) is 2.48. The highest BCUT2D eigenvalue weighted by Crippen LogP contribution is 2.41. The van der Waals surface area contributed by atoms with Crippen LogP contribution in [0.4, 0.5) is 11.4 Å². The maximum atomic E-state index is 11.9. The molecule has 1 atom stereocenters. The van der Waals surface area contributed by atoms with E-state index in [4.69, 9.17) is 21.9 Å². The predicted molar refractivity (Wildman–Crippen MR) is 77.0 cm³/mol. The summed E-state index contributed by atoms with van der Waals surface area (Å²) in [6, 6.07) is 5.20. The van der Waals surface area contributed by atoms with Crippen molar-refractivity contribution in [2.24, 2.45) is 27.2 Å². The standard InChI is InChI=1S/C12H16N6O2/c1-6-10(19)18(2)8-5-3-4-7(9(8)20-6)16-12(15)17-11(13)14/h3-6H,1-2H3,(H6,13,14,15,16,17). The molecule has 1 heterocycles. The molecule has 2 rings (SSSR count). The first-order valence-corrected chi connectivity index (χ1v) is 5.91. The van der Waals surface area contributed by atoms with Gasteiger partial charge >= 0.3 is 0 Å². The molecule has 1 unspecified atom stereocenters. The Kier molecular flexibility index (Phi) is 3.47. The van der Waals surface area contributed by atoms with Gasteiger partial charge in [-0.15, -0.1) is 0 Å². The molecule has 0 spiro atoms. The molecule has 0 aliphatic carbocycles. The zero-order valence-electron chi connectivity index (χ0n) is 11.2. The number of likely N-dealkylation sites (N-methyl/N-ethyl adjacent to an activating group) is 1. The van der Waals surface area contributed by atoms with Crippen molar-refractivity contribution in [3.63, 3.8) is 0 Å². The van der Waals surface area contributed by atoms with Gasteiger partial charge in [0.05, 0.1) is 5.69 Å². The van der Waals surface area contributed by atoms with Crippen molar-refractivity contribution < 1.29 is 9.53 Å². The molecule has 1 aromatic rings. The smallest absolute Gasteiger partial charge is 0.267 e. The van der Waals surface area contributed by atoms with E-state index in [9.17, 15) is 4.79 Å². The first-order chi connectivity index (χ1) is 9.40. The molecule has 8 nitrogen and oxygen atoms in total. The van der Waals surface area contributed by atoms with E-state index in [1.807, 2.05) is 0 Å². The van der Waals surface area contributed by atoms with Gasteiger partial charge in [0.15, 0.2) is 17.8 Å². The number of nitrogens with two attached hydrogens (primary N) is 3. The first-order valence-electron chi connectivity index (χ1n) is 5.91. The van der Waals surface area contributed by atoms with Crippen LogP contribution in [0.5, 0.6) is 5.75 Å². The SMILES string of the molecule is CC1Oc2c(N=C(N)N=C(N)N)cccc2N(C)C1=O. The van der Waals surface area contributed by atoms with Gasteiger partial charge in [-0.2, -0.15) is 4.99 Å². The Morgan fingerprint density at radius 3 is 2.70 bits per heavy atom. The van der Waals surface area contributed by atoms with Crippen molar-refractivity contribution in [1.29, 1.82) is 0 Å². The van der Waals surface area contributed by atoms with Gasteiger partial charge < -0.3 is 26.8 Å². The van der Waals surface area contributed by atoms with E-state index >= 15 is 0 Å². The summed E-state index contributed by atoms with van der Waals surface area (Å²) in [4.78, 5) is 21.1. The number of ether oxygens (including phenoxy) is 1. The molecule has 1 aromatic carbocycles. The Hall–Kier alpha value is -2.77. The molecule has 0 fully saturated rings. The second kappa shape index (κ2) is 5.08. The summed E-state index contributed by atoms with van der Waals surface area (Å²) >= 11 is 0. The second-order valence-corrected chi connectivity index (χ2v) is 4.29. The molecule has 0 radical (unpaired) electrons. The van der Waals surface area contributed by atoms with Crippen LogP contribution in [0.25, 0.3) is 0 Å². The molecule has 0 saturated carbocycles. The Balaban J connectivity index is 2.49. The van der Waals surface area contributed by atoms with Gasteiger partial charge in [-0.3, -0.25) is 4.79 Å². The summed E-state index contributed by atoms with van der Waals surface area (Å²) in [5, 5.41) is 0. The maximum Gasteiger partial charge on any atom is 0.267 e. The van der Waals surface area contributed by atoms with Gasteiger partial charge in [-0.25, -0.2) is 4.99 Å². The molecule has 20 heavy (non-hydrogen) atoms. The van der Waals surface area contributed by atoms with Gasteiger partial charge in [0.1, 0.15) is 5.69 Å². The van der Waals surface area contributed by atoms with Crippen LogP contribution in [0.3, 0.4) is 0 Å². The van der Waals surface area contributed by atoms with Crippen molar-refractivity contribution in [1.82, 2.24) is 0 Å². The highest BCUT2D eigenvalue weighted by atomic mass is 16.5. The predicted octanol–water partition coefficient (Wildman–Crippen LogP) is -0.350. The molecule has 0 bridgehead atoms. The zero-order chi connectivity index (χ0) is 14.9. The first kappa shape index (κ1) is 13.7. The quantitative estimate of drug-likeness (QED) is 0.476. The molecule has 1 aliphatic heterocycles. The number of benzene rings is 1. The number of carbonyl (C=O) groups is 1. The Morgan fingerprint density at radius 1 is 1.35 bits per heavy atom. The van der Waals surface area contributed by atoms with Gasteiger partial charge in [-0.1, -0.05) is 6.07 Å². The van der Waals surface area contributed by atoms with Gasteiger partial charge in [-0.05, 0) is 19.1 Å². The normalized spacial score (nSPS) is 18.3. The average molecular weight is 276 g/mol. The average Bonchev–Trinajstić information content (AvgIpc) is 2.36. The van der Waals surface area contributed by atoms with Crippen molar-refractivity contribution in [2.45, 2.75) is 13.0 Å². The fourth-order valence-electron chi connectivity index (χ4n) is 1.89. The van der Waals surface area contributed by atoms with Crippen LogP contribution in [0.2, 0.25) is 0 Å². The summed E-state index contributed by atoms with van der Waals surface area (Å²) in [6.45, 7) is 1.67. The number of nitrogens with zero attached hydrogens (tertiary/aromatic N) is 3. The number of amides is 1. The van der Waals surface area contributed by atoms with Crippen molar-refractivity contribution in [3.8, 4) is 5.75 Å². The van der Waals surface area contributed by atoms with Gasteiger partial charge in [0.25, 0.3) is 5.91 Å². The van der Waals surface area contributed by atoms with E-state index in [2.05, 4.69) is 9.98 Å². The second-order valence-electron chi connectivity index (χ2n) is 4.29. The number of rotatable bonds is 1. The lowest BCUT2D eigenvalue weighted by Crippen LogP contribution is -2.41. The number of anilines is 1. The largest absolute Gasteiger partial charge is 0.476 e. The minimum Gasteiger partial charge on any atom is -0.476 e. The number of carbonyl (C=O) groups excluding carboxylic acids is 1. The number of guanidine groups is 2. The van der Waals surface area contributed by atoms with E-state index in [0.717, 1.165) is 0 Å². The van der Waals surface area contributed by atoms with Crippen LogP contribution in [0.15, 0.2) is 28.2 Å². The van der Waals surface area contributed by atoms with Crippen molar-refractivity contribution >= 4 is 29.2 Å². The number of para-hydroxylation sites is 1. The van der Waals surface area contributed by atoms with Crippen LogP contribution < -0.4 is 26.8 Å². The fraction of sp³-hybridized carbons (Fsp3) is 0.250. The van der Waals surface area contributed by atoms with Crippen LogP contribution in [-0.4, -0.2) is 31.0 Å². The number of hydrogen-bond acceptors (Lipinski definition) is 3. The van der Waals surface area contributed by atoms with E-state index in [1.165, 1.54) is 4.90 Å². The Labute approximate surface area is 115 Å². The maximum absolute atomic E-state index is 11.9. The highest BCUT2D eigenvalue weighted by Gasteiger charge is 2.30. The molecular formula is C12H16N6O2. The molecule has 0 saturated heterocycles.